The molecule has 3 fully saturated rings. The smallest absolute Gasteiger partial charge is 0.273 e. The van der Waals surface area contributed by atoms with Crippen molar-refractivity contribution in [2.75, 3.05) is 0 Å². The largest absolute Gasteiger partial charge is 0.391 e. The van der Waals surface area contributed by atoms with Gasteiger partial charge < -0.3 is 10.0 Å². The second-order valence-corrected chi connectivity index (χ2v) is 6.07. The van der Waals surface area contributed by atoms with Crippen molar-refractivity contribution in [1.29, 1.82) is 0 Å². The summed E-state index contributed by atoms with van der Waals surface area (Å²) in [6, 6.07) is 5.65. The second-order valence-electron chi connectivity index (χ2n) is 6.07. The summed E-state index contributed by atoms with van der Waals surface area (Å²) >= 11 is 0. The molecular weight excluding hydrogens is 240 g/mol. The summed E-state index contributed by atoms with van der Waals surface area (Å²) in [5.74, 6) is 0.533. The van der Waals surface area contributed by atoms with Crippen LogP contribution in [0.1, 0.15) is 43.6 Å². The van der Waals surface area contributed by atoms with Crippen LogP contribution in [0, 0.1) is 5.92 Å². The molecule has 2 unspecified atom stereocenters. The van der Waals surface area contributed by atoms with Crippen molar-refractivity contribution in [2.24, 2.45) is 5.92 Å². The average Bonchev–Trinajstić information content (AvgIpc) is 2.38. The predicted octanol–water partition coefficient (Wildman–Crippen LogP) is 1.85. The Bertz CT molecular complexity index is 488. The van der Waals surface area contributed by atoms with Crippen LogP contribution >= 0.6 is 0 Å². The number of aromatic nitrogens is 1. The average molecular weight is 260 g/mol. The van der Waals surface area contributed by atoms with Crippen LogP contribution in [0.25, 0.3) is 0 Å². The van der Waals surface area contributed by atoms with Crippen molar-refractivity contribution < 1.29 is 9.90 Å². The molecule has 0 aromatic carbocycles. The third-order valence-corrected chi connectivity index (χ3v) is 4.69. The molecule has 4 rings (SSSR count). The highest BCUT2D eigenvalue weighted by Crippen LogP contribution is 2.51. The van der Waals surface area contributed by atoms with Crippen molar-refractivity contribution in [2.45, 2.75) is 50.8 Å². The number of amides is 1. The summed E-state index contributed by atoms with van der Waals surface area (Å²) in [5, 5.41) is 10.1. The van der Waals surface area contributed by atoms with Gasteiger partial charge in [0.05, 0.1) is 11.6 Å². The number of pyridine rings is 1. The number of hydrogen-bond acceptors (Lipinski definition) is 3. The van der Waals surface area contributed by atoms with Crippen molar-refractivity contribution in [1.82, 2.24) is 9.88 Å². The standard InChI is InChI=1S/C15H20N2O2/c1-10-7-12-9-15(8-10,11(2)18)17(12)14(19)13-5-3-4-6-16-13/h3-6,10-12,18H,7-9H2,1-2H3/t10-,11+,12?,15?/m1/s1. The Morgan fingerprint density at radius 2 is 2.32 bits per heavy atom. The zero-order chi connectivity index (χ0) is 13.6. The summed E-state index contributed by atoms with van der Waals surface area (Å²) in [6.45, 7) is 4.00. The molecule has 1 amide bonds. The maximum absolute atomic E-state index is 12.6. The number of aliphatic hydroxyl groups is 1. The molecule has 0 radical (unpaired) electrons. The minimum atomic E-state index is -0.487. The van der Waals surface area contributed by atoms with Gasteiger partial charge in [0.25, 0.3) is 5.91 Å². The molecule has 1 N–H and O–H groups in total. The molecule has 19 heavy (non-hydrogen) atoms. The molecule has 1 aromatic heterocycles. The number of carbonyl (C=O) groups is 1. The normalized spacial score (nSPS) is 34.6. The van der Waals surface area contributed by atoms with Gasteiger partial charge >= 0.3 is 0 Å². The third-order valence-electron chi connectivity index (χ3n) is 4.69. The molecule has 4 nitrogen and oxygen atoms in total. The third kappa shape index (κ3) is 1.77. The Balaban J connectivity index is 1.91. The minimum Gasteiger partial charge on any atom is -0.391 e. The maximum Gasteiger partial charge on any atom is 0.273 e. The lowest BCUT2D eigenvalue weighted by Crippen LogP contribution is -2.75. The van der Waals surface area contributed by atoms with Crippen LogP contribution in [0.4, 0.5) is 0 Å². The number of rotatable bonds is 2. The van der Waals surface area contributed by atoms with E-state index in [-0.39, 0.29) is 17.5 Å². The molecule has 2 bridgehead atoms. The molecule has 102 valence electrons. The molecule has 4 heteroatoms. The van der Waals surface area contributed by atoms with E-state index in [0.717, 1.165) is 19.3 Å². The fraction of sp³-hybridized carbons (Fsp3) is 0.600. The SMILES string of the molecule is C[C@@H]1CC2CC([C@H](C)O)(C1)N2C(=O)c1ccccn1. The fourth-order valence-electron chi connectivity index (χ4n) is 3.89. The van der Waals surface area contributed by atoms with E-state index < -0.39 is 6.10 Å². The quantitative estimate of drug-likeness (QED) is 0.883. The number of piperidine rings is 1. The monoisotopic (exact) mass is 260 g/mol. The van der Waals surface area contributed by atoms with Crippen LogP contribution in [-0.4, -0.2) is 38.6 Å². The van der Waals surface area contributed by atoms with Crippen molar-refractivity contribution in [3.05, 3.63) is 30.1 Å². The van der Waals surface area contributed by atoms with Crippen LogP contribution in [-0.2, 0) is 0 Å². The summed E-state index contributed by atoms with van der Waals surface area (Å²) in [6.07, 6.45) is 4.00. The number of fused-ring (bicyclic) bond motifs is 2. The van der Waals surface area contributed by atoms with Crippen molar-refractivity contribution >= 4 is 5.91 Å². The Morgan fingerprint density at radius 1 is 1.53 bits per heavy atom. The number of hydrogen-bond donors (Lipinski definition) is 1. The van der Waals surface area contributed by atoms with Gasteiger partial charge in [0, 0.05) is 12.2 Å². The molecule has 4 atom stereocenters. The highest BCUT2D eigenvalue weighted by molar-refractivity contribution is 5.94. The summed E-state index contributed by atoms with van der Waals surface area (Å²) in [4.78, 5) is 18.6. The van der Waals surface area contributed by atoms with Gasteiger partial charge in [-0.15, -0.1) is 0 Å². The zero-order valence-electron chi connectivity index (χ0n) is 11.4. The van der Waals surface area contributed by atoms with Crippen molar-refractivity contribution in [3.63, 3.8) is 0 Å². The molecule has 1 aliphatic carbocycles. The lowest BCUT2D eigenvalue weighted by molar-refractivity contribution is -0.152. The molecule has 0 spiro atoms. The number of aliphatic hydroxyl groups excluding tert-OH is 1. The molecule has 3 aliphatic rings. The van der Waals surface area contributed by atoms with E-state index in [1.54, 1.807) is 25.3 Å². The first kappa shape index (κ1) is 12.6. The molecule has 2 saturated heterocycles. The first-order valence-electron chi connectivity index (χ1n) is 6.97. The van der Waals surface area contributed by atoms with E-state index >= 15 is 0 Å². The number of carbonyl (C=O) groups excluding carboxylic acids is 1. The second kappa shape index (κ2) is 4.30. The topological polar surface area (TPSA) is 53.4 Å². The summed E-state index contributed by atoms with van der Waals surface area (Å²) < 4.78 is 0. The van der Waals surface area contributed by atoms with Crippen LogP contribution in [0.15, 0.2) is 24.4 Å². The van der Waals surface area contributed by atoms with Crippen LogP contribution in [0.5, 0.6) is 0 Å². The highest BCUT2D eigenvalue weighted by Gasteiger charge is 2.60. The highest BCUT2D eigenvalue weighted by atomic mass is 16.3. The lowest BCUT2D eigenvalue weighted by atomic mass is 9.62. The van der Waals surface area contributed by atoms with Gasteiger partial charge in [-0.2, -0.15) is 0 Å². The predicted molar refractivity (Wildman–Crippen MR) is 71.6 cm³/mol. The Morgan fingerprint density at radius 3 is 2.95 bits per heavy atom. The van der Waals surface area contributed by atoms with Crippen molar-refractivity contribution in [3.8, 4) is 0 Å². The zero-order valence-corrected chi connectivity index (χ0v) is 11.4. The first-order chi connectivity index (χ1) is 9.04. The van der Waals surface area contributed by atoms with E-state index in [0.29, 0.717) is 11.6 Å². The van der Waals surface area contributed by atoms with Gasteiger partial charge in [-0.3, -0.25) is 9.78 Å². The van der Waals surface area contributed by atoms with E-state index in [4.69, 9.17) is 0 Å². The molecular formula is C15H20N2O2. The molecule has 2 aliphatic heterocycles. The fourth-order valence-corrected chi connectivity index (χ4v) is 3.89. The van der Waals surface area contributed by atoms with Gasteiger partial charge in [-0.1, -0.05) is 13.0 Å². The summed E-state index contributed by atoms with van der Waals surface area (Å²) in [5.41, 5.74) is 0.114. The lowest BCUT2D eigenvalue weighted by Gasteiger charge is -2.64. The molecule has 3 heterocycles. The Hall–Kier alpha value is -1.42. The van der Waals surface area contributed by atoms with E-state index in [1.807, 2.05) is 11.0 Å². The van der Waals surface area contributed by atoms with E-state index in [9.17, 15) is 9.90 Å². The summed E-state index contributed by atoms with van der Waals surface area (Å²) in [7, 11) is 0. The van der Waals surface area contributed by atoms with Gasteiger partial charge in [-0.25, -0.2) is 0 Å². The number of nitrogens with zero attached hydrogens (tertiary/aromatic N) is 2. The minimum absolute atomic E-state index is 0.0374. The maximum atomic E-state index is 12.6. The van der Waals surface area contributed by atoms with Gasteiger partial charge in [0.15, 0.2) is 0 Å². The Labute approximate surface area is 113 Å². The van der Waals surface area contributed by atoms with Gasteiger partial charge in [0.1, 0.15) is 5.69 Å². The molecule has 1 saturated carbocycles. The Kier molecular flexibility index (Phi) is 2.86. The van der Waals surface area contributed by atoms with Gasteiger partial charge in [-0.05, 0) is 44.2 Å². The first-order valence-corrected chi connectivity index (χ1v) is 6.97. The van der Waals surface area contributed by atoms with E-state index in [1.165, 1.54) is 0 Å². The van der Waals surface area contributed by atoms with E-state index in [2.05, 4.69) is 11.9 Å². The van der Waals surface area contributed by atoms with Crippen LogP contribution in [0.2, 0.25) is 0 Å². The van der Waals surface area contributed by atoms with Crippen LogP contribution in [0.3, 0.4) is 0 Å². The molecule has 1 aromatic rings. The van der Waals surface area contributed by atoms with Gasteiger partial charge in [0.2, 0.25) is 0 Å². The van der Waals surface area contributed by atoms with Crippen LogP contribution < -0.4 is 0 Å².